The van der Waals surface area contributed by atoms with Gasteiger partial charge in [0.1, 0.15) is 92.2 Å². The Morgan fingerprint density at radius 1 is 0.536 bits per heavy atom. The van der Waals surface area contributed by atoms with Gasteiger partial charge in [0.05, 0.1) is 28.5 Å². The number of hydrogen-bond donors (Lipinski definition) is 11. The van der Waals surface area contributed by atoms with Crippen molar-refractivity contribution in [3.63, 3.8) is 0 Å². The maximum atomic E-state index is 12.1. The van der Waals surface area contributed by atoms with Crippen LogP contribution in [0.3, 0.4) is 0 Å². The number of nitrogens with one attached hydrogen (secondary N) is 4. The molecule has 9 heterocycles. The second-order valence-corrected chi connectivity index (χ2v) is 32.7. The number of aliphatic hydroxyl groups is 4. The van der Waals surface area contributed by atoms with Crippen molar-refractivity contribution in [3.05, 3.63) is 174 Å². The predicted molar refractivity (Wildman–Crippen MR) is 492 cm³/mol. The van der Waals surface area contributed by atoms with E-state index in [0.717, 1.165) is 44.4 Å². The van der Waals surface area contributed by atoms with Crippen LogP contribution in [0.1, 0.15) is 120 Å². The van der Waals surface area contributed by atoms with E-state index < -0.39 is 137 Å². The van der Waals surface area contributed by atoms with Gasteiger partial charge in [0.15, 0.2) is 18.5 Å². The van der Waals surface area contributed by atoms with E-state index in [4.69, 9.17) is 150 Å². The third kappa shape index (κ3) is 39.1. The topological polar surface area (TPSA) is 611 Å². The van der Waals surface area contributed by atoms with Crippen LogP contribution in [0.25, 0.3) is 43.9 Å². The van der Waals surface area contributed by atoms with E-state index in [0.29, 0.717) is 50.7 Å². The molecule has 51 heteroatoms. The number of carbonyl (C=O) groups excluding carboxylic acids is 8. The number of alkyl halides is 3. The summed E-state index contributed by atoms with van der Waals surface area (Å²) in [6.45, 7) is 25.2. The number of aromatic hydroxyl groups is 3. The number of carbonyl (C=O) groups is 8. The Hall–Kier alpha value is -9.27. The average Bonchev–Trinajstić information content (AvgIpc) is 1.68. The number of phenols is 3. The molecule has 140 heavy (non-hydrogen) atoms. The standard InChI is InChI=1S/C20H21NO9.C20H24O7.C12H11NO3.C11H14Cl3NO6.C11H9NO4.C7H6O3.C4H10O.CH2O3.2CH4O.CH4.BF3.2K.H/c1-9(22)21-12-7-10-5-6-11(8-13(10)27-17(12)23)26-18-15-14(28-19(24)29-15)16(25-4)20(2,3)30-18;1-10(21)7-13-8-12-5-6-14(9-15(12)26-18(13)24)25-19-17(23)16(22)11(2)20(3,4)27-19;1-7-3-4-9-6-10(13-8(2)14)12(15)16-11(9)5-7;1-10(2)6(17-3)4-5(19-9(16)18-4)7(21-10)20-8(15)11(12,13)14;1-6(13)12-9-4-7-2-3-8(14)5-10(7)16-11(9)15;8-4-5-1-2-6(9)3-7(5)10;1-3-5-4-2;2-1-4-3;2*1-2;;2-1(3)4;;;/h5-8,14-16,18H,1-4H3,(H,21,22);5-6,8-9,11,16-17,19,22-23H,7H2,1-4H3;3-6H,1-2H3,(H,13,14);4-7,15H,1-3H3;2-5,14H,1H3,(H,12,13);1-4,9-10H;3-4H2,1-2H3;1,3H;2*2H,1H3;1H4;;;;/q;;;;;;;;;;;;2*+1;-1/p-1/t14-,15+,16+,18+;11-,16+,17?,19-;;4-,5+,6+,7?;;;;;;;;;;;/m01.0.........../s1. The Bertz CT molecular complexity index is 5770. The molecule has 0 bridgehead atoms. The number of aryl methyl sites for hydroxylation is 1. The van der Waals surface area contributed by atoms with E-state index >= 15 is 0 Å². The Morgan fingerprint density at radius 3 is 1.28 bits per heavy atom. The van der Waals surface area contributed by atoms with Crippen LogP contribution in [0.4, 0.5) is 39.6 Å². The van der Waals surface area contributed by atoms with E-state index in [1.807, 2.05) is 46.8 Å². The Kier molecular flexibility index (Phi) is 55.5. The molecule has 3 amide bonds. The quantitative estimate of drug-likeness (QED) is 0.00686. The van der Waals surface area contributed by atoms with Gasteiger partial charge in [0.25, 0.3) is 10.3 Å². The minimum absolute atomic E-state index is 0. The number of aldehydes is 1. The third-order valence-electron chi connectivity index (χ3n) is 19.1. The summed E-state index contributed by atoms with van der Waals surface area (Å²) in [6.07, 6.45) is -10.9. The van der Waals surface area contributed by atoms with Gasteiger partial charge in [-0.15, -0.1) is 0 Å². The molecular formula is C89H109BCl3F3K2N4O38. The van der Waals surface area contributed by atoms with Crippen LogP contribution in [0.2, 0.25) is 0 Å². The number of methoxy groups -OCH3 is 2. The van der Waals surface area contributed by atoms with Crippen LogP contribution in [0, 0.1) is 18.3 Å². The van der Waals surface area contributed by atoms with Crippen molar-refractivity contribution >= 4 is 158 Å². The Morgan fingerprint density at radius 2 is 0.893 bits per heavy atom. The first kappa shape index (κ1) is 129. The van der Waals surface area contributed by atoms with Crippen molar-refractivity contribution in [1.29, 1.82) is 5.41 Å². The first-order valence-corrected chi connectivity index (χ1v) is 41.6. The third-order valence-corrected chi connectivity index (χ3v) is 19.7. The van der Waals surface area contributed by atoms with Gasteiger partial charge in [0.2, 0.25) is 54.7 Å². The van der Waals surface area contributed by atoms with Crippen LogP contribution in [-0.4, -0.2) is 228 Å². The summed E-state index contributed by atoms with van der Waals surface area (Å²) in [5, 5.41) is 87.3. The zero-order valence-electron chi connectivity index (χ0n) is 79.8. The van der Waals surface area contributed by atoms with Crippen LogP contribution < -0.4 is 156 Å². The molecule has 760 valence electrons. The zero-order chi connectivity index (χ0) is 104. The van der Waals surface area contributed by atoms with Gasteiger partial charge in [-0.3, -0.25) is 47.1 Å². The Labute approximate surface area is 900 Å². The molecule has 5 aliphatic heterocycles. The van der Waals surface area contributed by atoms with Gasteiger partial charge < -0.3 is 143 Å². The summed E-state index contributed by atoms with van der Waals surface area (Å²) in [4.78, 5) is 136. The fourth-order valence-corrected chi connectivity index (χ4v) is 13.1. The first-order chi connectivity index (χ1) is 64.2. The molecule has 4 aromatic heterocycles. The van der Waals surface area contributed by atoms with Crippen LogP contribution in [-0.2, 0) is 87.4 Å². The number of ketones is 1. The Balaban J connectivity index is 0.00000164. The number of benzene rings is 5. The molecule has 0 aliphatic carbocycles. The van der Waals surface area contributed by atoms with Gasteiger partial charge in [-0.2, -0.15) is 0 Å². The smallest absolute Gasteiger partial charge is 1.00 e. The summed E-state index contributed by atoms with van der Waals surface area (Å²) in [7, 11) is 1.30. The predicted octanol–water partition coefficient (Wildman–Crippen LogP) is 5.14. The molecule has 0 spiro atoms. The molecular weight excluding hydrogens is 1990 g/mol. The maximum absolute atomic E-state index is 12.1. The molecule has 5 saturated heterocycles. The molecule has 42 nitrogen and oxygen atoms in total. The summed E-state index contributed by atoms with van der Waals surface area (Å²) in [6, 6.07) is 29.7. The second-order valence-electron chi connectivity index (χ2n) is 30.4. The van der Waals surface area contributed by atoms with Gasteiger partial charge in [-0.05, 0) is 154 Å². The van der Waals surface area contributed by atoms with Crippen molar-refractivity contribution < 1.29 is 281 Å². The monoisotopic (exact) mass is 2090 g/mol. The van der Waals surface area contributed by atoms with Crippen LogP contribution in [0.5, 0.6) is 28.7 Å². The van der Waals surface area contributed by atoms with E-state index in [1.165, 1.54) is 90.4 Å². The fourth-order valence-electron chi connectivity index (χ4n) is 13.0. The normalized spacial score (nSPS) is 20.1. The first-order valence-electron chi connectivity index (χ1n) is 40.5. The molecule has 5 aliphatic rings. The van der Waals surface area contributed by atoms with Gasteiger partial charge in [0, 0.05) is 126 Å². The second kappa shape index (κ2) is 60.4. The summed E-state index contributed by atoms with van der Waals surface area (Å²) < 4.78 is 118. The molecule has 5 fully saturated rings. The largest absolute Gasteiger partial charge is 1.00 e. The van der Waals surface area contributed by atoms with Gasteiger partial charge >= 0.3 is 145 Å². The number of halogens is 6. The molecule has 12 atom stereocenters. The fraction of sp³-hybridized carbons (Fsp3) is 0.427. The number of Topliss-reactive ketones (excluding diaryl/α,β-unsaturated/α-hetero) is 1. The number of hydrogen-bond acceptors (Lipinski definition) is 39. The molecule has 14 rings (SSSR count). The number of anilines is 3. The van der Waals surface area contributed by atoms with Crippen molar-refractivity contribution in [3.8, 4) is 28.7 Å². The van der Waals surface area contributed by atoms with Crippen LogP contribution >= 0.6 is 34.8 Å². The number of ether oxygens (including phenoxy) is 13. The molecule has 5 aromatic carbocycles. The van der Waals surface area contributed by atoms with Crippen molar-refractivity contribution in [1.82, 2.24) is 0 Å². The summed E-state index contributed by atoms with van der Waals surface area (Å²) in [5.74, 6) is -1.64. The van der Waals surface area contributed by atoms with Crippen molar-refractivity contribution in [2.24, 2.45) is 5.92 Å². The van der Waals surface area contributed by atoms with E-state index in [-0.39, 0.29) is 205 Å². The summed E-state index contributed by atoms with van der Waals surface area (Å²) in [5.41, 5.74) is -1.67. The minimum Gasteiger partial charge on any atom is -1.00 e. The van der Waals surface area contributed by atoms with Crippen molar-refractivity contribution in [2.75, 3.05) is 57.6 Å². The SMILES string of the molecule is C.CC(=O)Cc1cc2ccc(O[C@@H]3OC(C)(C)[C@H](C)[C@H](O)C3O)cc2oc1=O.CC(=O)Nc1cc2ccc(C)cc2oc1=O.CC(=O)Nc1cc2ccc(O)cc2oc1=O.CCOCC.CO.CO.CO[C@@H]1[C@H]2OC(=O)O[C@H]2C(OC(=N)C(Cl)(Cl)Cl)OC1(C)C.CO[C@@H]1[C@H]2OC(=O)O[C@H]2[C@H](Oc2ccc3cc(NC(C)=O)c(=O)oc3c2)OC1(C)C.FB(F)F.O=CO[O-].O=Cc1ccc(O)cc1O.[H-].[K+].[K+]. The number of rotatable bonds is 16. The number of fused-ring (bicyclic) bond motifs is 6. The number of phenolic OH excluding ortho intramolecular Hbond substituents is 3. The van der Waals surface area contributed by atoms with Crippen molar-refractivity contribution in [2.45, 2.75) is 199 Å². The van der Waals surface area contributed by atoms with E-state index in [1.54, 1.807) is 83.1 Å². The van der Waals surface area contributed by atoms with Gasteiger partial charge in [-0.1, -0.05) is 61.3 Å². The molecule has 9 aromatic rings. The molecule has 0 radical (unpaired) electrons. The number of amides is 3. The van der Waals surface area contributed by atoms with Gasteiger partial charge in [-0.25, -0.2) is 28.8 Å². The number of aliphatic hydroxyl groups excluding tert-OH is 4. The molecule has 2 unspecified atom stereocenters. The zero-order valence-corrected chi connectivity index (χ0v) is 87.3. The minimum atomic E-state index is -3.67. The van der Waals surface area contributed by atoms with E-state index in [9.17, 15) is 81.0 Å². The summed E-state index contributed by atoms with van der Waals surface area (Å²) >= 11 is 16.7. The average molecular weight is 2100 g/mol. The van der Waals surface area contributed by atoms with E-state index in [2.05, 4.69) is 20.8 Å². The maximum Gasteiger partial charge on any atom is 1.00 e. The van der Waals surface area contributed by atoms with Crippen LogP contribution in [0.15, 0.2) is 152 Å². The molecule has 11 N–H and O–H groups in total. The molecule has 0 saturated carbocycles.